The minimum atomic E-state index is 0.298. The molecule has 0 spiro atoms. The number of nitrogens with zero attached hydrogens (tertiary/aromatic N) is 2. The van der Waals surface area contributed by atoms with Crippen LogP contribution in [0.5, 0.6) is 0 Å². The molecule has 108 valence electrons. The highest BCUT2D eigenvalue weighted by atomic mass is 15.2. The van der Waals surface area contributed by atoms with E-state index in [1.54, 1.807) is 0 Å². The lowest BCUT2D eigenvalue weighted by Crippen LogP contribution is -2.24. The van der Waals surface area contributed by atoms with Gasteiger partial charge in [-0.3, -0.25) is 0 Å². The largest absolute Gasteiger partial charge is 0.310 e. The summed E-state index contributed by atoms with van der Waals surface area (Å²) in [5.74, 6) is 0. The maximum Gasteiger partial charge on any atom is 0.0709 e. The standard InChI is InChI=1S/C18H21N3/c1-2-11-19-17(13-15-8-4-3-5-9-15)16-14-20-21-12-7-6-10-18(16)21/h3-10,12,14,17,19H,2,11,13H2,1H3. The van der Waals surface area contributed by atoms with Crippen LogP contribution in [0.1, 0.15) is 30.5 Å². The molecule has 2 aromatic heterocycles. The van der Waals surface area contributed by atoms with Gasteiger partial charge in [0.2, 0.25) is 0 Å². The van der Waals surface area contributed by atoms with Crippen molar-refractivity contribution in [1.82, 2.24) is 14.9 Å². The Morgan fingerprint density at radius 1 is 1.10 bits per heavy atom. The molecular formula is C18H21N3. The molecule has 1 atom stereocenters. The van der Waals surface area contributed by atoms with Crippen molar-refractivity contribution in [2.45, 2.75) is 25.8 Å². The summed E-state index contributed by atoms with van der Waals surface area (Å²) in [5, 5.41) is 8.13. The quantitative estimate of drug-likeness (QED) is 0.747. The fourth-order valence-electron chi connectivity index (χ4n) is 2.68. The molecule has 0 radical (unpaired) electrons. The van der Waals surface area contributed by atoms with Crippen LogP contribution >= 0.6 is 0 Å². The molecule has 0 aliphatic carbocycles. The molecule has 0 saturated heterocycles. The number of pyridine rings is 1. The van der Waals surface area contributed by atoms with Crippen molar-refractivity contribution in [3.63, 3.8) is 0 Å². The molecule has 1 aromatic carbocycles. The van der Waals surface area contributed by atoms with Crippen LogP contribution in [0.3, 0.4) is 0 Å². The fraction of sp³-hybridized carbons (Fsp3) is 0.278. The summed E-state index contributed by atoms with van der Waals surface area (Å²) >= 11 is 0. The van der Waals surface area contributed by atoms with Gasteiger partial charge in [-0.15, -0.1) is 0 Å². The third-order valence-corrected chi connectivity index (χ3v) is 3.76. The Kier molecular flexibility index (Phi) is 4.31. The number of nitrogens with one attached hydrogen (secondary N) is 1. The van der Waals surface area contributed by atoms with E-state index in [0.29, 0.717) is 6.04 Å². The summed E-state index contributed by atoms with van der Waals surface area (Å²) < 4.78 is 1.95. The van der Waals surface area contributed by atoms with E-state index in [4.69, 9.17) is 0 Å². The van der Waals surface area contributed by atoms with E-state index in [-0.39, 0.29) is 0 Å². The van der Waals surface area contributed by atoms with Gasteiger partial charge in [0.25, 0.3) is 0 Å². The summed E-state index contributed by atoms with van der Waals surface area (Å²) in [6, 6.07) is 17.1. The molecule has 3 nitrogen and oxygen atoms in total. The zero-order valence-electron chi connectivity index (χ0n) is 12.4. The second-order valence-electron chi connectivity index (χ2n) is 5.33. The Morgan fingerprint density at radius 2 is 1.90 bits per heavy atom. The maximum absolute atomic E-state index is 4.47. The topological polar surface area (TPSA) is 29.3 Å². The Morgan fingerprint density at radius 3 is 2.71 bits per heavy atom. The van der Waals surface area contributed by atoms with Gasteiger partial charge in [-0.2, -0.15) is 5.10 Å². The van der Waals surface area contributed by atoms with Crippen LogP contribution in [-0.2, 0) is 6.42 Å². The van der Waals surface area contributed by atoms with E-state index in [0.717, 1.165) is 19.4 Å². The lowest BCUT2D eigenvalue weighted by atomic mass is 10.00. The van der Waals surface area contributed by atoms with E-state index >= 15 is 0 Å². The number of rotatable bonds is 6. The number of benzene rings is 1. The highest BCUT2D eigenvalue weighted by molar-refractivity contribution is 5.55. The minimum absolute atomic E-state index is 0.298. The van der Waals surface area contributed by atoms with Crippen molar-refractivity contribution in [3.8, 4) is 0 Å². The number of aromatic nitrogens is 2. The molecule has 0 bridgehead atoms. The first-order valence-electron chi connectivity index (χ1n) is 7.58. The third-order valence-electron chi connectivity index (χ3n) is 3.76. The number of hydrogen-bond acceptors (Lipinski definition) is 2. The van der Waals surface area contributed by atoms with Gasteiger partial charge in [0.05, 0.1) is 11.7 Å². The first-order valence-corrected chi connectivity index (χ1v) is 7.58. The molecule has 1 N–H and O–H groups in total. The summed E-state index contributed by atoms with van der Waals surface area (Å²) in [6.45, 7) is 3.21. The van der Waals surface area contributed by atoms with Crippen LogP contribution in [-0.4, -0.2) is 16.2 Å². The first-order chi connectivity index (χ1) is 10.4. The second-order valence-corrected chi connectivity index (χ2v) is 5.33. The van der Waals surface area contributed by atoms with Gasteiger partial charge in [-0.05, 0) is 37.1 Å². The van der Waals surface area contributed by atoms with Gasteiger partial charge in [-0.25, -0.2) is 4.52 Å². The van der Waals surface area contributed by atoms with E-state index < -0.39 is 0 Å². The Balaban J connectivity index is 1.91. The monoisotopic (exact) mass is 279 g/mol. The van der Waals surface area contributed by atoms with Crippen molar-refractivity contribution in [2.75, 3.05) is 6.54 Å². The summed E-state index contributed by atoms with van der Waals surface area (Å²) in [6.07, 6.45) is 6.10. The molecule has 0 aliphatic heterocycles. The molecule has 0 aliphatic rings. The molecule has 3 heteroatoms. The van der Waals surface area contributed by atoms with Crippen molar-refractivity contribution in [2.24, 2.45) is 0 Å². The van der Waals surface area contributed by atoms with Gasteiger partial charge in [0.15, 0.2) is 0 Å². The molecule has 2 heterocycles. The molecule has 21 heavy (non-hydrogen) atoms. The predicted octanol–water partition coefficient (Wildman–Crippen LogP) is 3.62. The molecular weight excluding hydrogens is 258 g/mol. The third kappa shape index (κ3) is 3.14. The van der Waals surface area contributed by atoms with Crippen molar-refractivity contribution in [1.29, 1.82) is 0 Å². The molecule has 1 unspecified atom stereocenters. The molecule has 3 aromatic rings. The molecule has 3 rings (SSSR count). The van der Waals surface area contributed by atoms with Crippen LogP contribution in [0.15, 0.2) is 60.9 Å². The van der Waals surface area contributed by atoms with E-state index in [1.165, 1.54) is 16.6 Å². The number of fused-ring (bicyclic) bond motifs is 1. The molecule has 0 fully saturated rings. The van der Waals surface area contributed by atoms with Crippen molar-refractivity contribution < 1.29 is 0 Å². The van der Waals surface area contributed by atoms with Crippen LogP contribution in [0.25, 0.3) is 5.52 Å². The average Bonchev–Trinajstić information content (AvgIpc) is 2.96. The highest BCUT2D eigenvalue weighted by Crippen LogP contribution is 2.22. The Bertz CT molecular complexity index is 688. The minimum Gasteiger partial charge on any atom is -0.310 e. The van der Waals surface area contributed by atoms with Gasteiger partial charge in [-0.1, -0.05) is 43.3 Å². The zero-order chi connectivity index (χ0) is 14.5. The smallest absolute Gasteiger partial charge is 0.0709 e. The predicted molar refractivity (Wildman–Crippen MR) is 86.4 cm³/mol. The summed E-state index contributed by atoms with van der Waals surface area (Å²) in [5.41, 5.74) is 3.80. The van der Waals surface area contributed by atoms with Crippen molar-refractivity contribution >= 4 is 5.52 Å². The van der Waals surface area contributed by atoms with Crippen LogP contribution < -0.4 is 5.32 Å². The van der Waals surface area contributed by atoms with Crippen LogP contribution in [0, 0.1) is 0 Å². The lowest BCUT2D eigenvalue weighted by molar-refractivity contribution is 0.532. The van der Waals surface area contributed by atoms with E-state index in [9.17, 15) is 0 Å². The first kappa shape index (κ1) is 13.8. The Labute approximate surface area is 125 Å². The van der Waals surface area contributed by atoms with Crippen LogP contribution in [0.2, 0.25) is 0 Å². The average molecular weight is 279 g/mol. The van der Waals surface area contributed by atoms with Crippen LogP contribution in [0.4, 0.5) is 0 Å². The van der Waals surface area contributed by atoms with Crippen molar-refractivity contribution in [3.05, 3.63) is 72.1 Å². The zero-order valence-corrected chi connectivity index (χ0v) is 12.4. The summed E-state index contributed by atoms with van der Waals surface area (Å²) in [4.78, 5) is 0. The van der Waals surface area contributed by atoms with E-state index in [2.05, 4.69) is 59.8 Å². The summed E-state index contributed by atoms with van der Waals surface area (Å²) in [7, 11) is 0. The fourth-order valence-corrected chi connectivity index (χ4v) is 2.68. The number of hydrogen-bond donors (Lipinski definition) is 1. The van der Waals surface area contributed by atoms with Gasteiger partial charge in [0.1, 0.15) is 0 Å². The maximum atomic E-state index is 4.47. The van der Waals surface area contributed by atoms with Gasteiger partial charge >= 0.3 is 0 Å². The molecule has 0 saturated carbocycles. The van der Waals surface area contributed by atoms with E-state index in [1.807, 2.05) is 23.0 Å². The Hall–Kier alpha value is -2.13. The van der Waals surface area contributed by atoms with Gasteiger partial charge < -0.3 is 5.32 Å². The van der Waals surface area contributed by atoms with Gasteiger partial charge in [0, 0.05) is 17.8 Å². The molecule has 0 amide bonds. The normalized spacial score (nSPS) is 12.6. The second kappa shape index (κ2) is 6.55. The highest BCUT2D eigenvalue weighted by Gasteiger charge is 2.16. The lowest BCUT2D eigenvalue weighted by Gasteiger charge is -2.18. The SMILES string of the molecule is CCCNC(Cc1ccccc1)c1cnn2ccccc12.